The van der Waals surface area contributed by atoms with Crippen molar-refractivity contribution in [3.63, 3.8) is 0 Å². The van der Waals surface area contributed by atoms with E-state index >= 15 is 0 Å². The summed E-state index contributed by atoms with van der Waals surface area (Å²) in [5.41, 5.74) is 0.765. The Hall–Kier alpha value is 0.350. The predicted octanol–water partition coefficient (Wildman–Crippen LogP) is 2.71. The quantitative estimate of drug-likeness (QED) is 0.558. The van der Waals surface area contributed by atoms with Gasteiger partial charge in [0.05, 0.1) is 0 Å². The van der Waals surface area contributed by atoms with E-state index < -0.39 is 0 Å². The van der Waals surface area contributed by atoms with E-state index in [1.54, 1.807) is 0 Å². The second-order valence-corrected chi connectivity index (χ2v) is 4.19. The molecular formula is C7H4I2O. The van der Waals surface area contributed by atoms with Crippen molar-refractivity contribution in [2.45, 2.75) is 0 Å². The first-order valence-corrected chi connectivity index (χ1v) is 4.80. The fraction of sp³-hybridized carbons (Fsp3) is 0. The van der Waals surface area contributed by atoms with Crippen LogP contribution in [-0.4, -0.2) is 6.29 Å². The highest BCUT2D eigenvalue weighted by Crippen LogP contribution is 2.13. The van der Waals surface area contributed by atoms with Crippen LogP contribution >= 0.6 is 45.2 Å². The van der Waals surface area contributed by atoms with Gasteiger partial charge in [-0.3, -0.25) is 4.79 Å². The Kier molecular flexibility index (Phi) is 3.09. The van der Waals surface area contributed by atoms with Gasteiger partial charge in [0.25, 0.3) is 0 Å². The standard InChI is InChI=1S/C7H4I2O/c8-6-2-1-5(4-10)7(9)3-6/h1-4H. The lowest BCUT2D eigenvalue weighted by Gasteiger charge is -1.94. The molecule has 1 aromatic carbocycles. The maximum absolute atomic E-state index is 10.3. The number of aldehydes is 1. The summed E-state index contributed by atoms with van der Waals surface area (Å²) < 4.78 is 2.17. The molecule has 0 N–H and O–H groups in total. The van der Waals surface area contributed by atoms with Gasteiger partial charge in [0, 0.05) is 12.7 Å². The molecule has 1 rings (SSSR count). The molecule has 0 aliphatic rings. The monoisotopic (exact) mass is 358 g/mol. The number of carbonyl (C=O) groups excluding carboxylic acids is 1. The van der Waals surface area contributed by atoms with Crippen LogP contribution in [0.4, 0.5) is 0 Å². The molecule has 0 aliphatic heterocycles. The number of carbonyl (C=O) groups is 1. The third kappa shape index (κ3) is 1.91. The van der Waals surface area contributed by atoms with Crippen LogP contribution in [0, 0.1) is 7.14 Å². The van der Waals surface area contributed by atoms with Crippen LogP contribution < -0.4 is 0 Å². The number of benzene rings is 1. The van der Waals surface area contributed by atoms with Crippen molar-refractivity contribution in [2.75, 3.05) is 0 Å². The molecule has 1 aromatic rings. The van der Waals surface area contributed by atoms with Gasteiger partial charge in [0.1, 0.15) is 0 Å². The second-order valence-electron chi connectivity index (χ2n) is 1.78. The molecule has 0 spiro atoms. The van der Waals surface area contributed by atoms with Crippen LogP contribution in [0.25, 0.3) is 0 Å². The smallest absolute Gasteiger partial charge is 0.151 e. The first-order chi connectivity index (χ1) is 4.74. The fourth-order valence-corrected chi connectivity index (χ4v) is 2.33. The van der Waals surface area contributed by atoms with Gasteiger partial charge in [-0.1, -0.05) is 0 Å². The minimum atomic E-state index is 0.765. The van der Waals surface area contributed by atoms with Crippen LogP contribution in [0.15, 0.2) is 18.2 Å². The van der Waals surface area contributed by atoms with E-state index in [0.29, 0.717) is 0 Å². The second kappa shape index (κ2) is 3.66. The molecule has 0 bridgehead atoms. The van der Waals surface area contributed by atoms with Crippen molar-refractivity contribution in [3.8, 4) is 0 Å². The Morgan fingerprint density at radius 2 is 2.00 bits per heavy atom. The molecule has 10 heavy (non-hydrogen) atoms. The first-order valence-electron chi connectivity index (χ1n) is 2.64. The molecule has 1 nitrogen and oxygen atoms in total. The van der Waals surface area contributed by atoms with E-state index in [4.69, 9.17) is 0 Å². The van der Waals surface area contributed by atoms with Crippen LogP contribution in [0.5, 0.6) is 0 Å². The van der Waals surface area contributed by atoms with Crippen molar-refractivity contribution >= 4 is 51.5 Å². The summed E-state index contributed by atoms with van der Waals surface area (Å²) in [5, 5.41) is 0. The van der Waals surface area contributed by atoms with E-state index in [1.807, 2.05) is 18.2 Å². The Balaban J connectivity index is 3.19. The van der Waals surface area contributed by atoms with Crippen molar-refractivity contribution in [1.29, 1.82) is 0 Å². The zero-order valence-corrected chi connectivity index (χ0v) is 9.29. The molecule has 3 heteroatoms. The predicted molar refractivity (Wildman–Crippen MR) is 57.3 cm³/mol. The van der Waals surface area contributed by atoms with Crippen molar-refractivity contribution in [1.82, 2.24) is 0 Å². The van der Waals surface area contributed by atoms with Gasteiger partial charge < -0.3 is 0 Å². The van der Waals surface area contributed by atoms with Gasteiger partial charge in [-0.2, -0.15) is 0 Å². The maximum atomic E-state index is 10.3. The van der Waals surface area contributed by atoms with E-state index in [-0.39, 0.29) is 0 Å². The minimum Gasteiger partial charge on any atom is -0.298 e. The Bertz CT molecular complexity index is 258. The molecule has 0 aromatic heterocycles. The lowest BCUT2D eigenvalue weighted by Crippen LogP contribution is -1.85. The third-order valence-corrected chi connectivity index (χ3v) is 2.69. The summed E-state index contributed by atoms with van der Waals surface area (Å²) in [6.45, 7) is 0. The van der Waals surface area contributed by atoms with Crippen LogP contribution in [0.2, 0.25) is 0 Å². The normalized spacial score (nSPS) is 9.40. The summed E-state index contributed by atoms with van der Waals surface area (Å²) >= 11 is 4.37. The lowest BCUT2D eigenvalue weighted by molar-refractivity contribution is 0.112. The first kappa shape index (κ1) is 8.45. The Morgan fingerprint density at radius 1 is 1.30 bits per heavy atom. The zero-order chi connectivity index (χ0) is 7.56. The molecule has 0 atom stereocenters. The van der Waals surface area contributed by atoms with E-state index in [2.05, 4.69) is 45.2 Å². The number of rotatable bonds is 1. The molecule has 0 amide bonds. The van der Waals surface area contributed by atoms with Gasteiger partial charge >= 0.3 is 0 Å². The molecule has 0 saturated heterocycles. The van der Waals surface area contributed by atoms with Crippen LogP contribution in [0.3, 0.4) is 0 Å². The molecule has 0 radical (unpaired) electrons. The maximum Gasteiger partial charge on any atom is 0.151 e. The Morgan fingerprint density at radius 3 is 2.50 bits per heavy atom. The number of hydrogen-bond acceptors (Lipinski definition) is 1. The summed E-state index contributed by atoms with van der Waals surface area (Å²) in [4.78, 5) is 10.3. The Labute approximate surface area is 86.5 Å². The zero-order valence-electron chi connectivity index (χ0n) is 4.97. The average Bonchev–Trinajstić information content (AvgIpc) is 1.88. The summed E-state index contributed by atoms with van der Waals surface area (Å²) in [6, 6.07) is 5.73. The molecular weight excluding hydrogens is 354 g/mol. The SMILES string of the molecule is O=Cc1ccc(I)cc1I. The lowest BCUT2D eigenvalue weighted by atomic mass is 10.2. The highest BCUT2D eigenvalue weighted by atomic mass is 127. The van der Waals surface area contributed by atoms with Gasteiger partial charge in [-0.05, 0) is 63.4 Å². The number of hydrogen-bond donors (Lipinski definition) is 0. The topological polar surface area (TPSA) is 17.1 Å². The minimum absolute atomic E-state index is 0.765. The third-order valence-electron chi connectivity index (χ3n) is 1.09. The fourth-order valence-electron chi connectivity index (χ4n) is 0.597. The van der Waals surface area contributed by atoms with Gasteiger partial charge in [0.2, 0.25) is 0 Å². The summed E-state index contributed by atoms with van der Waals surface area (Å²) in [7, 11) is 0. The van der Waals surface area contributed by atoms with Crippen LogP contribution in [0.1, 0.15) is 10.4 Å². The molecule has 52 valence electrons. The highest BCUT2D eigenvalue weighted by Gasteiger charge is 1.96. The molecule has 0 aliphatic carbocycles. The van der Waals surface area contributed by atoms with E-state index in [9.17, 15) is 4.79 Å². The summed E-state index contributed by atoms with van der Waals surface area (Å²) in [5.74, 6) is 0. The molecule has 0 fully saturated rings. The molecule has 0 heterocycles. The van der Waals surface area contributed by atoms with Gasteiger partial charge in [0.15, 0.2) is 6.29 Å². The van der Waals surface area contributed by atoms with E-state index in [1.165, 1.54) is 0 Å². The summed E-state index contributed by atoms with van der Waals surface area (Å²) in [6.07, 6.45) is 0.873. The van der Waals surface area contributed by atoms with Crippen molar-refractivity contribution in [3.05, 3.63) is 30.9 Å². The van der Waals surface area contributed by atoms with Crippen molar-refractivity contribution < 1.29 is 4.79 Å². The highest BCUT2D eigenvalue weighted by molar-refractivity contribution is 14.1. The van der Waals surface area contributed by atoms with Gasteiger partial charge in [-0.15, -0.1) is 0 Å². The van der Waals surface area contributed by atoms with Crippen molar-refractivity contribution in [2.24, 2.45) is 0 Å². The van der Waals surface area contributed by atoms with Crippen LogP contribution in [-0.2, 0) is 0 Å². The molecule has 0 unspecified atom stereocenters. The number of halogens is 2. The largest absolute Gasteiger partial charge is 0.298 e. The van der Waals surface area contributed by atoms with E-state index in [0.717, 1.165) is 19.0 Å². The molecule has 0 saturated carbocycles. The average molecular weight is 358 g/mol. The van der Waals surface area contributed by atoms with Gasteiger partial charge in [-0.25, -0.2) is 0 Å².